The van der Waals surface area contributed by atoms with Crippen molar-refractivity contribution in [3.05, 3.63) is 28.5 Å². The van der Waals surface area contributed by atoms with Gasteiger partial charge in [-0.3, -0.25) is 10.1 Å². The van der Waals surface area contributed by atoms with E-state index in [0.717, 1.165) is 5.56 Å². The molecule has 0 aliphatic heterocycles. The molecular formula is C12H13NO5S. The number of hydrogen-bond acceptors (Lipinski definition) is 6. The number of carbonyl (C=O) groups excluding carboxylic acids is 3. The minimum atomic E-state index is -0.864. The smallest absolute Gasteiger partial charge is 0.413 e. The van der Waals surface area contributed by atoms with Gasteiger partial charge in [0.1, 0.15) is 0 Å². The summed E-state index contributed by atoms with van der Waals surface area (Å²) < 4.78 is 9.13. The van der Waals surface area contributed by atoms with E-state index in [2.05, 4.69) is 9.47 Å². The molecule has 7 heteroatoms. The number of imide groups is 1. The number of esters is 1. The molecule has 0 bridgehead atoms. The molecule has 0 atom stereocenters. The van der Waals surface area contributed by atoms with Gasteiger partial charge in [0.15, 0.2) is 6.61 Å². The van der Waals surface area contributed by atoms with Gasteiger partial charge in [-0.1, -0.05) is 0 Å². The zero-order valence-corrected chi connectivity index (χ0v) is 11.1. The third-order valence-electron chi connectivity index (χ3n) is 1.82. The lowest BCUT2D eigenvalue weighted by atomic mass is 10.3. The topological polar surface area (TPSA) is 81.7 Å². The molecule has 0 fully saturated rings. The molecule has 0 saturated heterocycles. The second-order valence-electron chi connectivity index (χ2n) is 3.27. The van der Waals surface area contributed by atoms with Crippen LogP contribution in [-0.2, 0) is 19.1 Å². The Hall–Kier alpha value is -2.15. The van der Waals surface area contributed by atoms with Gasteiger partial charge in [0, 0.05) is 6.08 Å². The lowest BCUT2D eigenvalue weighted by Gasteiger charge is -2.03. The maximum Gasteiger partial charge on any atom is 0.413 e. The first-order valence-electron chi connectivity index (χ1n) is 5.45. The lowest BCUT2D eigenvalue weighted by Crippen LogP contribution is -2.34. The minimum absolute atomic E-state index is 0.155. The molecule has 0 saturated carbocycles. The predicted molar refractivity (Wildman–Crippen MR) is 69.5 cm³/mol. The van der Waals surface area contributed by atoms with Crippen LogP contribution in [0, 0.1) is 0 Å². The molecule has 1 heterocycles. The van der Waals surface area contributed by atoms with Crippen LogP contribution in [0.3, 0.4) is 0 Å². The maximum atomic E-state index is 11.3. The fourth-order valence-corrected chi connectivity index (χ4v) is 1.66. The molecule has 0 unspecified atom stereocenters. The Bertz CT molecular complexity index is 466. The molecular weight excluding hydrogens is 270 g/mol. The van der Waals surface area contributed by atoms with Gasteiger partial charge in [-0.2, -0.15) is 11.3 Å². The van der Waals surface area contributed by atoms with Crippen molar-refractivity contribution in [2.24, 2.45) is 0 Å². The molecule has 0 aliphatic rings. The third kappa shape index (κ3) is 6.37. The summed E-state index contributed by atoms with van der Waals surface area (Å²) in [5.74, 6) is -1.40. The number of amides is 2. The van der Waals surface area contributed by atoms with Crippen molar-refractivity contribution in [3.63, 3.8) is 0 Å². The van der Waals surface area contributed by atoms with E-state index in [-0.39, 0.29) is 6.61 Å². The summed E-state index contributed by atoms with van der Waals surface area (Å²) in [5.41, 5.74) is 0.873. The van der Waals surface area contributed by atoms with Crippen LogP contribution in [-0.4, -0.2) is 31.2 Å². The second-order valence-corrected chi connectivity index (χ2v) is 4.05. The Morgan fingerprint density at radius 1 is 1.37 bits per heavy atom. The first-order chi connectivity index (χ1) is 9.11. The van der Waals surface area contributed by atoms with E-state index < -0.39 is 24.6 Å². The molecule has 19 heavy (non-hydrogen) atoms. The SMILES string of the molecule is CCOC(=O)NC(=O)COC(=O)/C=C/c1ccsc1. The molecule has 1 aromatic rings. The van der Waals surface area contributed by atoms with E-state index in [0.29, 0.717) is 0 Å². The van der Waals surface area contributed by atoms with Crippen LogP contribution in [0.25, 0.3) is 6.08 Å². The van der Waals surface area contributed by atoms with E-state index in [1.54, 1.807) is 13.0 Å². The van der Waals surface area contributed by atoms with Gasteiger partial charge in [0.2, 0.25) is 0 Å². The highest BCUT2D eigenvalue weighted by molar-refractivity contribution is 7.08. The van der Waals surface area contributed by atoms with Crippen LogP contribution in [0.2, 0.25) is 0 Å². The van der Waals surface area contributed by atoms with E-state index >= 15 is 0 Å². The summed E-state index contributed by atoms with van der Waals surface area (Å²) in [7, 11) is 0. The normalized spacial score (nSPS) is 10.2. The van der Waals surface area contributed by atoms with Crippen molar-refractivity contribution in [1.29, 1.82) is 0 Å². The molecule has 0 radical (unpaired) electrons. The van der Waals surface area contributed by atoms with Crippen LogP contribution in [0.5, 0.6) is 0 Å². The van der Waals surface area contributed by atoms with Gasteiger partial charge in [-0.05, 0) is 35.4 Å². The van der Waals surface area contributed by atoms with Crippen LogP contribution in [0.15, 0.2) is 22.9 Å². The summed E-state index contributed by atoms with van der Waals surface area (Å²) in [6, 6.07) is 1.84. The Labute approximate surface area is 114 Å². The molecule has 102 valence electrons. The van der Waals surface area contributed by atoms with Gasteiger partial charge in [-0.25, -0.2) is 9.59 Å². The Balaban J connectivity index is 2.26. The van der Waals surface area contributed by atoms with Gasteiger partial charge < -0.3 is 9.47 Å². The van der Waals surface area contributed by atoms with Crippen LogP contribution in [0.1, 0.15) is 12.5 Å². The Morgan fingerprint density at radius 3 is 2.79 bits per heavy atom. The highest BCUT2D eigenvalue weighted by Crippen LogP contribution is 2.07. The number of nitrogens with one attached hydrogen (secondary N) is 1. The van der Waals surface area contributed by atoms with Gasteiger partial charge in [0.25, 0.3) is 5.91 Å². The largest absolute Gasteiger partial charge is 0.452 e. The highest BCUT2D eigenvalue weighted by Gasteiger charge is 2.09. The van der Waals surface area contributed by atoms with Crippen molar-refractivity contribution >= 4 is 35.4 Å². The summed E-state index contributed by atoms with van der Waals surface area (Å²) in [5, 5.41) is 5.64. The predicted octanol–water partition coefficient (Wildman–Crippen LogP) is 1.58. The molecule has 1 N–H and O–H groups in total. The van der Waals surface area contributed by atoms with Gasteiger partial charge >= 0.3 is 12.1 Å². The van der Waals surface area contributed by atoms with Crippen molar-refractivity contribution in [2.45, 2.75) is 6.92 Å². The first kappa shape index (κ1) is 14.9. The number of ether oxygens (including phenoxy) is 2. The number of thiophene rings is 1. The van der Waals surface area contributed by atoms with Crippen molar-refractivity contribution in [1.82, 2.24) is 5.32 Å². The average Bonchev–Trinajstić information content (AvgIpc) is 2.87. The van der Waals surface area contributed by atoms with Crippen molar-refractivity contribution in [3.8, 4) is 0 Å². The zero-order valence-electron chi connectivity index (χ0n) is 10.3. The van der Waals surface area contributed by atoms with E-state index in [9.17, 15) is 14.4 Å². The standard InChI is InChI=1S/C12H13NO5S/c1-2-17-12(16)13-10(14)7-18-11(15)4-3-9-5-6-19-8-9/h3-6,8H,2,7H2,1H3,(H,13,14,16)/b4-3+. The monoisotopic (exact) mass is 283 g/mol. The minimum Gasteiger partial charge on any atom is -0.452 e. The number of alkyl carbamates (subject to hydrolysis) is 1. The number of carbonyl (C=O) groups is 3. The van der Waals surface area contributed by atoms with E-state index in [1.807, 2.05) is 22.1 Å². The van der Waals surface area contributed by atoms with Crippen molar-refractivity contribution < 1.29 is 23.9 Å². The van der Waals surface area contributed by atoms with E-state index in [4.69, 9.17) is 0 Å². The molecule has 1 rings (SSSR count). The van der Waals surface area contributed by atoms with Gasteiger partial charge in [0.05, 0.1) is 6.61 Å². The highest BCUT2D eigenvalue weighted by atomic mass is 32.1. The summed E-state index contributed by atoms with van der Waals surface area (Å²) >= 11 is 1.50. The van der Waals surface area contributed by atoms with Crippen LogP contribution >= 0.6 is 11.3 Å². The summed E-state index contributed by atoms with van der Waals surface area (Å²) in [4.78, 5) is 33.3. The quantitative estimate of drug-likeness (QED) is 0.655. The van der Waals surface area contributed by atoms with E-state index in [1.165, 1.54) is 17.4 Å². The second kappa shape index (κ2) is 8.04. The fraction of sp³-hybridized carbons (Fsp3) is 0.250. The first-order valence-corrected chi connectivity index (χ1v) is 6.39. The summed E-state index contributed by atoms with van der Waals surface area (Å²) in [6.07, 6.45) is 1.92. The Morgan fingerprint density at radius 2 is 2.16 bits per heavy atom. The maximum absolute atomic E-state index is 11.3. The molecule has 0 spiro atoms. The zero-order chi connectivity index (χ0) is 14.1. The Kier molecular flexibility index (Phi) is 6.31. The van der Waals surface area contributed by atoms with Gasteiger partial charge in [-0.15, -0.1) is 0 Å². The average molecular weight is 283 g/mol. The number of hydrogen-bond donors (Lipinski definition) is 1. The molecule has 2 amide bonds. The molecule has 0 aromatic carbocycles. The van der Waals surface area contributed by atoms with Crippen molar-refractivity contribution in [2.75, 3.05) is 13.2 Å². The third-order valence-corrected chi connectivity index (χ3v) is 2.52. The molecule has 0 aliphatic carbocycles. The fourth-order valence-electron chi connectivity index (χ4n) is 1.04. The van der Waals surface area contributed by atoms with Crippen LogP contribution < -0.4 is 5.32 Å². The lowest BCUT2D eigenvalue weighted by molar-refractivity contribution is -0.143. The number of rotatable bonds is 5. The van der Waals surface area contributed by atoms with Crippen LogP contribution in [0.4, 0.5) is 4.79 Å². The molecule has 1 aromatic heterocycles. The molecule has 6 nitrogen and oxygen atoms in total. The summed E-state index contributed by atoms with van der Waals surface area (Å²) in [6.45, 7) is 1.23.